The van der Waals surface area contributed by atoms with Gasteiger partial charge in [-0.3, -0.25) is 0 Å². The maximum atomic E-state index is 10.8. The zero-order valence-electron chi connectivity index (χ0n) is 16.2. The topological polar surface area (TPSA) is 73.0 Å². The third-order valence-corrected chi connectivity index (χ3v) is 4.15. The molecule has 0 saturated heterocycles. The number of hydrogen-bond acceptors (Lipinski definition) is 4. The van der Waals surface area contributed by atoms with Crippen molar-refractivity contribution in [3.63, 3.8) is 0 Å². The van der Waals surface area contributed by atoms with Gasteiger partial charge in [-0.25, -0.2) is 4.99 Å². The molecule has 1 heterocycles. The molecule has 1 aromatic heterocycles. The predicted octanol–water partition coefficient (Wildman–Crippen LogP) is 2.00. The molecule has 138 valence electrons. The molecular formula is C18H34N4O2. The van der Waals surface area contributed by atoms with Crippen molar-refractivity contribution < 1.29 is 9.52 Å². The normalized spacial score (nSPS) is 15.0. The molecule has 0 amide bonds. The number of nitrogens with one attached hydrogen (secondary N) is 2. The SMILES string of the molecule is CCNC(=NCC(C)(O)c1cc(C)oc1C)NCCN(C)C(C)C. The summed E-state index contributed by atoms with van der Waals surface area (Å²) >= 11 is 0. The molecule has 1 rings (SSSR count). The first kappa shape index (κ1) is 20.5. The number of aryl methyl sites for hydroxylation is 2. The van der Waals surface area contributed by atoms with Gasteiger partial charge in [-0.15, -0.1) is 0 Å². The van der Waals surface area contributed by atoms with Gasteiger partial charge in [0, 0.05) is 31.2 Å². The van der Waals surface area contributed by atoms with Crippen molar-refractivity contribution in [1.82, 2.24) is 15.5 Å². The number of aliphatic imine (C=N–C) groups is 1. The van der Waals surface area contributed by atoms with Crippen molar-refractivity contribution in [1.29, 1.82) is 0 Å². The summed E-state index contributed by atoms with van der Waals surface area (Å²) in [7, 11) is 2.10. The molecule has 0 spiro atoms. The Labute approximate surface area is 146 Å². The van der Waals surface area contributed by atoms with Crippen molar-refractivity contribution in [2.75, 3.05) is 33.2 Å². The molecule has 0 aliphatic heterocycles. The van der Waals surface area contributed by atoms with Gasteiger partial charge in [0.05, 0.1) is 6.54 Å². The van der Waals surface area contributed by atoms with Crippen LogP contribution >= 0.6 is 0 Å². The van der Waals surface area contributed by atoms with Crippen LogP contribution in [0.1, 0.15) is 44.8 Å². The fourth-order valence-electron chi connectivity index (χ4n) is 2.43. The Hall–Kier alpha value is -1.53. The lowest BCUT2D eigenvalue weighted by atomic mass is 9.96. The lowest BCUT2D eigenvalue weighted by molar-refractivity contribution is 0.0657. The average molecular weight is 338 g/mol. The Morgan fingerprint density at radius 2 is 2.04 bits per heavy atom. The van der Waals surface area contributed by atoms with E-state index in [1.54, 1.807) is 6.92 Å². The maximum Gasteiger partial charge on any atom is 0.191 e. The van der Waals surface area contributed by atoms with E-state index < -0.39 is 5.60 Å². The quantitative estimate of drug-likeness (QED) is 0.499. The van der Waals surface area contributed by atoms with Gasteiger partial charge < -0.3 is 25.1 Å². The van der Waals surface area contributed by atoms with Crippen LogP contribution in [-0.2, 0) is 5.60 Å². The Bertz CT molecular complexity index is 535. The lowest BCUT2D eigenvalue weighted by Crippen LogP contribution is -2.42. The molecule has 3 N–H and O–H groups in total. The highest BCUT2D eigenvalue weighted by Crippen LogP contribution is 2.27. The molecule has 0 fully saturated rings. The molecular weight excluding hydrogens is 304 g/mol. The smallest absolute Gasteiger partial charge is 0.191 e. The number of likely N-dealkylation sites (N-methyl/N-ethyl adjacent to an activating group) is 1. The van der Waals surface area contributed by atoms with E-state index in [2.05, 4.69) is 41.4 Å². The first-order chi connectivity index (χ1) is 11.2. The van der Waals surface area contributed by atoms with Gasteiger partial charge in [0.1, 0.15) is 17.1 Å². The second kappa shape index (κ2) is 9.08. The van der Waals surface area contributed by atoms with Crippen molar-refractivity contribution in [3.8, 4) is 0 Å². The van der Waals surface area contributed by atoms with Gasteiger partial charge in [-0.05, 0) is 54.7 Å². The monoisotopic (exact) mass is 338 g/mol. The summed E-state index contributed by atoms with van der Waals surface area (Å²) in [6.07, 6.45) is 0. The van der Waals surface area contributed by atoms with Crippen molar-refractivity contribution in [3.05, 3.63) is 23.2 Å². The molecule has 1 aromatic rings. The summed E-state index contributed by atoms with van der Waals surface area (Å²) in [6, 6.07) is 2.39. The fourth-order valence-corrected chi connectivity index (χ4v) is 2.43. The van der Waals surface area contributed by atoms with Crippen LogP contribution in [-0.4, -0.2) is 55.2 Å². The minimum absolute atomic E-state index is 0.266. The van der Waals surface area contributed by atoms with E-state index in [0.29, 0.717) is 12.0 Å². The third kappa shape index (κ3) is 6.17. The van der Waals surface area contributed by atoms with Gasteiger partial charge in [-0.1, -0.05) is 0 Å². The summed E-state index contributed by atoms with van der Waals surface area (Å²) < 4.78 is 5.52. The Balaban J connectivity index is 2.69. The van der Waals surface area contributed by atoms with Crippen molar-refractivity contribution >= 4 is 5.96 Å². The van der Waals surface area contributed by atoms with Crippen LogP contribution in [0.25, 0.3) is 0 Å². The molecule has 0 aromatic carbocycles. The first-order valence-corrected chi connectivity index (χ1v) is 8.69. The van der Waals surface area contributed by atoms with Gasteiger partial charge in [-0.2, -0.15) is 0 Å². The second-order valence-corrected chi connectivity index (χ2v) is 6.80. The number of rotatable bonds is 8. The number of furan rings is 1. The number of guanidine groups is 1. The summed E-state index contributed by atoms with van der Waals surface area (Å²) in [5, 5.41) is 17.3. The third-order valence-electron chi connectivity index (χ3n) is 4.15. The minimum atomic E-state index is -1.06. The van der Waals surface area contributed by atoms with E-state index in [-0.39, 0.29) is 6.54 Å². The number of hydrogen-bond donors (Lipinski definition) is 3. The Morgan fingerprint density at radius 1 is 1.38 bits per heavy atom. The van der Waals surface area contributed by atoms with Crippen LogP contribution < -0.4 is 10.6 Å². The lowest BCUT2D eigenvalue weighted by Gasteiger charge is -2.23. The number of aliphatic hydroxyl groups is 1. The molecule has 0 aliphatic carbocycles. The van der Waals surface area contributed by atoms with Gasteiger partial charge >= 0.3 is 0 Å². The molecule has 0 bridgehead atoms. The van der Waals surface area contributed by atoms with Crippen LogP contribution in [0.15, 0.2) is 15.5 Å². The summed E-state index contributed by atoms with van der Waals surface area (Å²) in [4.78, 5) is 6.81. The van der Waals surface area contributed by atoms with Gasteiger partial charge in [0.25, 0.3) is 0 Å². The van der Waals surface area contributed by atoms with E-state index in [1.165, 1.54) is 0 Å². The molecule has 6 heteroatoms. The van der Waals surface area contributed by atoms with Crippen LogP contribution in [0.5, 0.6) is 0 Å². The molecule has 6 nitrogen and oxygen atoms in total. The largest absolute Gasteiger partial charge is 0.466 e. The Morgan fingerprint density at radius 3 is 2.54 bits per heavy atom. The molecule has 0 radical (unpaired) electrons. The van der Waals surface area contributed by atoms with Crippen LogP contribution in [0.2, 0.25) is 0 Å². The van der Waals surface area contributed by atoms with Crippen LogP contribution in [0, 0.1) is 13.8 Å². The average Bonchev–Trinajstić information content (AvgIpc) is 2.84. The van der Waals surface area contributed by atoms with Gasteiger partial charge in [0.2, 0.25) is 0 Å². The number of nitrogens with zero attached hydrogens (tertiary/aromatic N) is 2. The van der Waals surface area contributed by atoms with E-state index in [9.17, 15) is 5.11 Å². The predicted molar refractivity (Wildman–Crippen MR) is 99.5 cm³/mol. The zero-order valence-corrected chi connectivity index (χ0v) is 16.2. The molecule has 1 unspecified atom stereocenters. The highest BCUT2D eigenvalue weighted by Gasteiger charge is 2.27. The van der Waals surface area contributed by atoms with Crippen LogP contribution in [0.3, 0.4) is 0 Å². The molecule has 24 heavy (non-hydrogen) atoms. The molecule has 0 aliphatic rings. The van der Waals surface area contributed by atoms with Crippen LogP contribution in [0.4, 0.5) is 0 Å². The fraction of sp³-hybridized carbons (Fsp3) is 0.722. The summed E-state index contributed by atoms with van der Waals surface area (Å²) in [6.45, 7) is 14.7. The van der Waals surface area contributed by atoms with E-state index in [0.717, 1.165) is 36.7 Å². The second-order valence-electron chi connectivity index (χ2n) is 6.80. The first-order valence-electron chi connectivity index (χ1n) is 8.69. The molecule has 0 saturated carbocycles. The Kier molecular flexibility index (Phi) is 7.76. The maximum absolute atomic E-state index is 10.8. The minimum Gasteiger partial charge on any atom is -0.466 e. The summed E-state index contributed by atoms with van der Waals surface area (Å²) in [5.41, 5.74) is -0.266. The van der Waals surface area contributed by atoms with Crippen molar-refractivity contribution in [2.24, 2.45) is 4.99 Å². The zero-order chi connectivity index (χ0) is 18.3. The van der Waals surface area contributed by atoms with Crippen molar-refractivity contribution in [2.45, 2.75) is 53.2 Å². The van der Waals surface area contributed by atoms with E-state index >= 15 is 0 Å². The molecule has 1 atom stereocenters. The van der Waals surface area contributed by atoms with E-state index in [4.69, 9.17) is 4.42 Å². The highest BCUT2D eigenvalue weighted by atomic mass is 16.3. The van der Waals surface area contributed by atoms with E-state index in [1.807, 2.05) is 26.8 Å². The standard InChI is InChI=1S/C18H34N4O2/c1-8-19-17(20-9-10-22(7)13(2)3)21-12-18(6,23)16-11-14(4)24-15(16)5/h11,13,23H,8-10,12H2,1-7H3,(H2,19,20,21). The summed E-state index contributed by atoms with van der Waals surface area (Å²) in [5.74, 6) is 2.26. The highest BCUT2D eigenvalue weighted by molar-refractivity contribution is 5.79. The van der Waals surface area contributed by atoms with Gasteiger partial charge in [0.15, 0.2) is 5.96 Å².